The van der Waals surface area contributed by atoms with Crippen LogP contribution < -0.4 is 5.32 Å². The predicted molar refractivity (Wildman–Crippen MR) is 124 cm³/mol. The van der Waals surface area contributed by atoms with Crippen LogP contribution in [0.1, 0.15) is 28.4 Å². The number of nitrogens with zero attached hydrogens (tertiary/aromatic N) is 1. The number of aromatic nitrogens is 1. The quantitative estimate of drug-likeness (QED) is 0.297. The van der Waals surface area contributed by atoms with Gasteiger partial charge in [0.25, 0.3) is 0 Å². The highest BCUT2D eigenvalue weighted by molar-refractivity contribution is 6.22. The number of aromatic hydroxyl groups is 1. The number of H-pyrrole nitrogens is 1. The number of ether oxygens (including phenoxy) is 1. The second kappa shape index (κ2) is 8.75. The lowest BCUT2D eigenvalue weighted by molar-refractivity contribution is 0.0526. The van der Waals surface area contributed by atoms with Crippen molar-refractivity contribution in [1.82, 2.24) is 4.98 Å². The number of rotatable bonds is 6. The molecule has 0 radical (unpaired) electrons. The van der Waals surface area contributed by atoms with Crippen LogP contribution in [0.4, 0.5) is 11.4 Å². The van der Waals surface area contributed by atoms with Gasteiger partial charge in [-0.05, 0) is 43.3 Å². The van der Waals surface area contributed by atoms with Crippen LogP contribution in [-0.2, 0) is 4.74 Å². The van der Waals surface area contributed by atoms with Gasteiger partial charge in [0.1, 0.15) is 0 Å². The van der Waals surface area contributed by atoms with E-state index in [4.69, 9.17) is 9.73 Å². The van der Waals surface area contributed by atoms with E-state index in [-0.39, 0.29) is 5.88 Å². The number of aromatic amines is 1. The molecule has 0 unspecified atom stereocenters. The maximum atomic E-state index is 12.1. The Morgan fingerprint density at radius 2 is 1.77 bits per heavy atom. The largest absolute Gasteiger partial charge is 0.494 e. The van der Waals surface area contributed by atoms with Crippen LogP contribution in [0.15, 0.2) is 77.8 Å². The lowest BCUT2D eigenvalue weighted by Crippen LogP contribution is -2.05. The third-order valence-corrected chi connectivity index (χ3v) is 4.97. The summed E-state index contributed by atoms with van der Waals surface area (Å²) in [6.07, 6.45) is 0. The molecular formula is C25H23N3O3. The Bertz CT molecular complexity index is 1240. The van der Waals surface area contributed by atoms with Crippen LogP contribution in [0.5, 0.6) is 5.88 Å². The predicted octanol–water partition coefficient (Wildman–Crippen LogP) is 5.26. The first-order valence-corrected chi connectivity index (χ1v) is 10.0. The smallest absolute Gasteiger partial charge is 0.338 e. The van der Waals surface area contributed by atoms with Gasteiger partial charge in [-0.1, -0.05) is 36.4 Å². The number of hydrogen-bond donors (Lipinski definition) is 3. The first-order valence-electron chi connectivity index (χ1n) is 10.0. The molecule has 0 fully saturated rings. The number of anilines is 1. The standard InChI is InChI=1S/C25H23N3O3/c1-3-31-25(30)17-9-14-20-21(15-17)28-24(29)22(20)23(16-7-5-4-6-8-16)27-19-12-10-18(26-2)11-13-19/h4-15,26,28-29H,3H2,1-2H3. The van der Waals surface area contributed by atoms with Crippen LogP contribution in [-0.4, -0.2) is 35.4 Å². The van der Waals surface area contributed by atoms with E-state index >= 15 is 0 Å². The van der Waals surface area contributed by atoms with E-state index in [1.165, 1.54) is 0 Å². The first-order chi connectivity index (χ1) is 15.1. The highest BCUT2D eigenvalue weighted by Gasteiger charge is 2.20. The summed E-state index contributed by atoms with van der Waals surface area (Å²) < 4.78 is 5.08. The average Bonchev–Trinajstić information content (AvgIpc) is 3.13. The summed E-state index contributed by atoms with van der Waals surface area (Å²) in [6.45, 7) is 2.07. The molecule has 0 bridgehead atoms. The number of esters is 1. The minimum absolute atomic E-state index is 0.00884. The van der Waals surface area contributed by atoms with Crippen LogP contribution >= 0.6 is 0 Å². The number of carbonyl (C=O) groups is 1. The van der Waals surface area contributed by atoms with Crippen molar-refractivity contribution in [3.05, 3.63) is 89.5 Å². The Kier molecular flexibility index (Phi) is 5.71. The van der Waals surface area contributed by atoms with Gasteiger partial charge in [-0.3, -0.25) is 0 Å². The van der Waals surface area contributed by atoms with Crippen molar-refractivity contribution in [3.8, 4) is 5.88 Å². The summed E-state index contributed by atoms with van der Waals surface area (Å²) in [5.41, 5.74) is 4.87. The van der Waals surface area contributed by atoms with E-state index in [0.717, 1.165) is 22.3 Å². The molecule has 6 heteroatoms. The Morgan fingerprint density at radius 1 is 1.03 bits per heavy atom. The third-order valence-electron chi connectivity index (χ3n) is 4.97. The van der Waals surface area contributed by atoms with Gasteiger partial charge >= 0.3 is 5.97 Å². The number of nitrogens with one attached hydrogen (secondary N) is 2. The van der Waals surface area contributed by atoms with E-state index in [2.05, 4.69) is 10.3 Å². The molecule has 3 aromatic carbocycles. The van der Waals surface area contributed by atoms with Gasteiger partial charge in [-0.2, -0.15) is 0 Å². The molecule has 0 aliphatic rings. The summed E-state index contributed by atoms with van der Waals surface area (Å²) >= 11 is 0. The van der Waals surface area contributed by atoms with Crippen molar-refractivity contribution < 1.29 is 14.6 Å². The summed E-state index contributed by atoms with van der Waals surface area (Å²) in [5, 5.41) is 14.7. The molecule has 4 aromatic rings. The van der Waals surface area contributed by atoms with E-state index in [9.17, 15) is 9.90 Å². The summed E-state index contributed by atoms with van der Waals surface area (Å²) in [6, 6.07) is 22.6. The highest BCUT2D eigenvalue weighted by Crippen LogP contribution is 2.32. The van der Waals surface area contributed by atoms with Gasteiger partial charge in [0.15, 0.2) is 5.88 Å². The summed E-state index contributed by atoms with van der Waals surface area (Å²) in [7, 11) is 1.86. The molecule has 0 saturated heterocycles. The second-order valence-corrected chi connectivity index (χ2v) is 6.95. The fraction of sp³-hybridized carbons (Fsp3) is 0.120. The molecule has 156 valence electrons. The lowest BCUT2D eigenvalue weighted by atomic mass is 10.00. The van der Waals surface area contributed by atoms with Gasteiger partial charge in [0.2, 0.25) is 0 Å². The van der Waals surface area contributed by atoms with Crippen molar-refractivity contribution in [2.45, 2.75) is 6.92 Å². The average molecular weight is 413 g/mol. The molecule has 0 atom stereocenters. The first kappa shape index (κ1) is 20.2. The molecule has 0 aliphatic heterocycles. The fourth-order valence-electron chi connectivity index (χ4n) is 3.46. The van der Waals surface area contributed by atoms with E-state index in [1.54, 1.807) is 25.1 Å². The van der Waals surface area contributed by atoms with Gasteiger partial charge in [-0.15, -0.1) is 0 Å². The van der Waals surface area contributed by atoms with Crippen LogP contribution in [0.3, 0.4) is 0 Å². The molecule has 31 heavy (non-hydrogen) atoms. The minimum Gasteiger partial charge on any atom is -0.494 e. The zero-order chi connectivity index (χ0) is 21.8. The lowest BCUT2D eigenvalue weighted by Gasteiger charge is -2.08. The van der Waals surface area contributed by atoms with E-state index in [1.807, 2.05) is 61.6 Å². The number of aliphatic imine (C=N–C) groups is 1. The minimum atomic E-state index is -0.401. The maximum Gasteiger partial charge on any atom is 0.338 e. The molecule has 0 amide bonds. The van der Waals surface area contributed by atoms with Gasteiger partial charge in [-0.25, -0.2) is 9.79 Å². The number of benzene rings is 3. The summed E-state index contributed by atoms with van der Waals surface area (Å²) in [4.78, 5) is 19.9. The molecular weight excluding hydrogens is 390 g/mol. The third kappa shape index (κ3) is 4.14. The van der Waals surface area contributed by atoms with Gasteiger partial charge in [0.05, 0.1) is 29.1 Å². The zero-order valence-corrected chi connectivity index (χ0v) is 17.3. The molecule has 3 N–H and O–H groups in total. The molecule has 1 heterocycles. The maximum absolute atomic E-state index is 12.1. The molecule has 6 nitrogen and oxygen atoms in total. The van der Waals surface area contributed by atoms with Crippen molar-refractivity contribution in [3.63, 3.8) is 0 Å². The van der Waals surface area contributed by atoms with E-state index < -0.39 is 5.97 Å². The molecule has 0 aliphatic carbocycles. The van der Waals surface area contributed by atoms with Crippen molar-refractivity contribution in [1.29, 1.82) is 0 Å². The van der Waals surface area contributed by atoms with Crippen molar-refractivity contribution >= 4 is 34.0 Å². The fourth-order valence-corrected chi connectivity index (χ4v) is 3.46. The number of carbonyl (C=O) groups excluding carboxylic acids is 1. The Hall–Kier alpha value is -4.06. The number of hydrogen-bond acceptors (Lipinski definition) is 5. The van der Waals surface area contributed by atoms with Crippen LogP contribution in [0.25, 0.3) is 10.9 Å². The van der Waals surface area contributed by atoms with Crippen molar-refractivity contribution in [2.75, 3.05) is 19.0 Å². The normalized spacial score (nSPS) is 11.5. The molecule has 1 aromatic heterocycles. The van der Waals surface area contributed by atoms with Crippen molar-refractivity contribution in [2.24, 2.45) is 4.99 Å². The second-order valence-electron chi connectivity index (χ2n) is 6.95. The van der Waals surface area contributed by atoms with Gasteiger partial charge < -0.3 is 20.1 Å². The summed E-state index contributed by atoms with van der Waals surface area (Å²) in [5.74, 6) is -0.410. The number of fused-ring (bicyclic) bond motifs is 1. The Labute approximate surface area is 180 Å². The monoisotopic (exact) mass is 413 g/mol. The van der Waals surface area contributed by atoms with E-state index in [0.29, 0.717) is 29.0 Å². The SMILES string of the molecule is CCOC(=O)c1ccc2c(C(=Nc3ccc(NC)cc3)c3ccccc3)c(O)[nH]c2c1. The Balaban J connectivity index is 1.87. The van der Waals surface area contributed by atoms with Crippen LogP contribution in [0.2, 0.25) is 0 Å². The molecule has 0 spiro atoms. The van der Waals surface area contributed by atoms with Crippen LogP contribution in [0, 0.1) is 0 Å². The van der Waals surface area contributed by atoms with Gasteiger partial charge in [0, 0.05) is 29.2 Å². The molecule has 4 rings (SSSR count). The molecule has 0 saturated carbocycles. The highest BCUT2D eigenvalue weighted by atomic mass is 16.5. The Morgan fingerprint density at radius 3 is 2.45 bits per heavy atom. The topological polar surface area (TPSA) is 86.7 Å². The zero-order valence-electron chi connectivity index (χ0n) is 17.3.